The molecule has 2 aliphatic rings. The van der Waals surface area contributed by atoms with Crippen LogP contribution >= 0.6 is 0 Å². The Hall–Kier alpha value is -0.990. The molecule has 110 valence electrons. The molecule has 0 bridgehead atoms. The first kappa shape index (κ1) is 14.0. The van der Waals surface area contributed by atoms with Gasteiger partial charge in [0.05, 0.1) is 5.92 Å². The first-order chi connectivity index (χ1) is 9.30. The molecular formula is C17H21F3. The largest absolute Gasteiger partial charge is 0.258 e. The second-order valence-electron chi connectivity index (χ2n) is 6.87. The first-order valence-corrected chi connectivity index (χ1v) is 7.42. The number of hydrogen-bond donors (Lipinski definition) is 0. The molecule has 1 aromatic rings. The van der Waals surface area contributed by atoms with E-state index in [1.165, 1.54) is 0 Å². The Morgan fingerprint density at radius 3 is 2.15 bits per heavy atom. The molecule has 0 radical (unpaired) electrons. The Morgan fingerprint density at radius 2 is 1.75 bits per heavy atom. The smallest absolute Gasteiger partial charge is 0.247 e. The van der Waals surface area contributed by atoms with Crippen LogP contribution in [0.4, 0.5) is 13.2 Å². The van der Waals surface area contributed by atoms with Gasteiger partial charge >= 0.3 is 0 Å². The lowest BCUT2D eigenvalue weighted by atomic mass is 9.79. The molecule has 1 aromatic carbocycles. The fraction of sp³-hybridized carbons (Fsp3) is 0.647. The lowest BCUT2D eigenvalue weighted by Crippen LogP contribution is -2.21. The molecule has 0 aromatic heterocycles. The number of halogens is 3. The molecule has 0 amide bonds. The summed E-state index contributed by atoms with van der Waals surface area (Å²) >= 11 is 0. The van der Waals surface area contributed by atoms with Gasteiger partial charge in [-0.15, -0.1) is 0 Å². The van der Waals surface area contributed by atoms with Crippen molar-refractivity contribution >= 4 is 0 Å². The number of benzene rings is 1. The molecule has 0 spiro atoms. The minimum absolute atomic E-state index is 0.0686. The number of hydrogen-bond acceptors (Lipinski definition) is 0. The van der Waals surface area contributed by atoms with Gasteiger partial charge in [0, 0.05) is 11.8 Å². The van der Waals surface area contributed by atoms with E-state index in [4.69, 9.17) is 0 Å². The molecule has 0 nitrogen and oxygen atoms in total. The summed E-state index contributed by atoms with van der Waals surface area (Å²) < 4.78 is 40.5. The summed E-state index contributed by atoms with van der Waals surface area (Å²) in [6.45, 7) is 5.88. The summed E-state index contributed by atoms with van der Waals surface area (Å²) in [5.41, 5.74) is 1.55. The van der Waals surface area contributed by atoms with Crippen molar-refractivity contribution in [2.75, 3.05) is 0 Å². The van der Waals surface area contributed by atoms with Crippen molar-refractivity contribution in [3.8, 4) is 0 Å². The predicted molar refractivity (Wildman–Crippen MR) is 73.9 cm³/mol. The van der Waals surface area contributed by atoms with Gasteiger partial charge in [-0.05, 0) is 29.4 Å². The van der Waals surface area contributed by atoms with Crippen molar-refractivity contribution in [3.63, 3.8) is 0 Å². The van der Waals surface area contributed by atoms with Crippen LogP contribution in [0.25, 0.3) is 0 Å². The Balaban J connectivity index is 1.79. The fourth-order valence-electron chi connectivity index (χ4n) is 3.60. The summed E-state index contributed by atoms with van der Waals surface area (Å²) in [4.78, 5) is 0. The Labute approximate surface area is 118 Å². The summed E-state index contributed by atoms with van der Waals surface area (Å²) in [6.07, 6.45) is 0.422. The van der Waals surface area contributed by atoms with Gasteiger partial charge in [-0.25, -0.2) is 13.2 Å². The first-order valence-electron chi connectivity index (χ1n) is 7.42. The van der Waals surface area contributed by atoms with Gasteiger partial charge in [0.1, 0.15) is 6.17 Å². The van der Waals surface area contributed by atoms with E-state index in [0.29, 0.717) is 18.4 Å². The molecule has 0 saturated heterocycles. The molecule has 3 rings (SSSR count). The molecule has 20 heavy (non-hydrogen) atoms. The van der Waals surface area contributed by atoms with Crippen LogP contribution in [0.2, 0.25) is 0 Å². The van der Waals surface area contributed by atoms with Crippen LogP contribution in [0.3, 0.4) is 0 Å². The van der Waals surface area contributed by atoms with E-state index >= 15 is 0 Å². The summed E-state index contributed by atoms with van der Waals surface area (Å²) in [5.74, 6) is -3.62. The second kappa shape index (κ2) is 4.25. The van der Waals surface area contributed by atoms with Crippen molar-refractivity contribution < 1.29 is 13.2 Å². The van der Waals surface area contributed by atoms with Crippen molar-refractivity contribution in [3.05, 3.63) is 35.4 Å². The highest BCUT2D eigenvalue weighted by molar-refractivity contribution is 5.37. The minimum Gasteiger partial charge on any atom is -0.247 e. The maximum atomic E-state index is 13.6. The van der Waals surface area contributed by atoms with Gasteiger partial charge in [-0.1, -0.05) is 45.0 Å². The van der Waals surface area contributed by atoms with Crippen molar-refractivity contribution in [1.82, 2.24) is 0 Å². The average Bonchev–Trinajstić information content (AvgIpc) is 3.25. The van der Waals surface area contributed by atoms with Crippen molar-refractivity contribution in [2.24, 2.45) is 11.8 Å². The van der Waals surface area contributed by atoms with Gasteiger partial charge in [0.2, 0.25) is 0 Å². The molecule has 2 fully saturated rings. The topological polar surface area (TPSA) is 0 Å². The Morgan fingerprint density at radius 1 is 1.20 bits per heavy atom. The van der Waals surface area contributed by atoms with E-state index in [2.05, 4.69) is 0 Å². The minimum atomic E-state index is -2.55. The normalized spacial score (nSPS) is 34.9. The lowest BCUT2D eigenvalue weighted by Gasteiger charge is -2.25. The summed E-state index contributed by atoms with van der Waals surface area (Å²) in [5, 5.41) is 0. The predicted octanol–water partition coefficient (Wildman–Crippen LogP) is 5.08. The molecular weight excluding hydrogens is 261 g/mol. The second-order valence-corrected chi connectivity index (χ2v) is 6.87. The Bertz CT molecular complexity index is 503. The molecule has 3 heteroatoms. The summed E-state index contributed by atoms with van der Waals surface area (Å²) in [7, 11) is 0. The lowest BCUT2D eigenvalue weighted by molar-refractivity contribution is 0.0926. The maximum absolute atomic E-state index is 13.6. The van der Waals surface area contributed by atoms with E-state index in [0.717, 1.165) is 5.56 Å². The van der Waals surface area contributed by atoms with Crippen molar-refractivity contribution in [2.45, 2.75) is 57.0 Å². The van der Waals surface area contributed by atoms with E-state index in [1.54, 1.807) is 12.1 Å². The number of rotatable bonds is 4. The molecule has 0 aliphatic heterocycles. The van der Waals surface area contributed by atoms with Gasteiger partial charge in [-0.2, -0.15) is 0 Å². The van der Waals surface area contributed by atoms with Crippen LogP contribution in [-0.4, -0.2) is 12.1 Å². The van der Waals surface area contributed by atoms with Crippen LogP contribution in [0.15, 0.2) is 24.3 Å². The highest BCUT2D eigenvalue weighted by Gasteiger charge is 2.67. The van der Waals surface area contributed by atoms with E-state index in [-0.39, 0.29) is 11.3 Å². The standard InChI is InChI=1S/C17H21F3/c1-4-12-15(17(12,19)20)10-5-7-11(8-6-10)16(2,3)13-9-14(13)18/h5-8,12-15H,4,9H2,1-3H3/t12-,13+,14-,15-/m0/s1. The van der Waals surface area contributed by atoms with E-state index < -0.39 is 23.9 Å². The zero-order valence-electron chi connectivity index (χ0n) is 12.2. The third-order valence-electron chi connectivity index (χ3n) is 5.30. The average molecular weight is 282 g/mol. The maximum Gasteiger partial charge on any atom is 0.258 e. The van der Waals surface area contributed by atoms with Crippen molar-refractivity contribution in [1.29, 1.82) is 0 Å². The van der Waals surface area contributed by atoms with Crippen LogP contribution in [0.1, 0.15) is 50.7 Å². The van der Waals surface area contributed by atoms with Gasteiger partial charge < -0.3 is 0 Å². The monoisotopic (exact) mass is 282 g/mol. The van der Waals surface area contributed by atoms with E-state index in [1.807, 2.05) is 32.9 Å². The zero-order chi connectivity index (χ0) is 14.7. The van der Waals surface area contributed by atoms with Crippen LogP contribution < -0.4 is 0 Å². The zero-order valence-corrected chi connectivity index (χ0v) is 12.2. The summed E-state index contributed by atoms with van der Waals surface area (Å²) in [6, 6.07) is 7.42. The highest BCUT2D eigenvalue weighted by atomic mass is 19.3. The van der Waals surface area contributed by atoms with Gasteiger partial charge in [0.25, 0.3) is 5.92 Å². The van der Waals surface area contributed by atoms with Crippen LogP contribution in [0.5, 0.6) is 0 Å². The molecule has 2 aliphatic carbocycles. The highest BCUT2D eigenvalue weighted by Crippen LogP contribution is 2.63. The molecule has 0 heterocycles. The third kappa shape index (κ3) is 1.97. The molecule has 0 unspecified atom stereocenters. The molecule has 2 saturated carbocycles. The SMILES string of the molecule is CC[C@H]1[C@H](c2ccc(C(C)(C)[C@@H]3C[C@@H]3F)cc2)C1(F)F. The van der Waals surface area contributed by atoms with Gasteiger partial charge in [0.15, 0.2) is 0 Å². The quantitative estimate of drug-likeness (QED) is 0.722. The Kier molecular flexibility index (Phi) is 2.97. The van der Waals surface area contributed by atoms with Gasteiger partial charge in [-0.3, -0.25) is 0 Å². The number of alkyl halides is 3. The third-order valence-corrected chi connectivity index (χ3v) is 5.30. The van der Waals surface area contributed by atoms with Crippen LogP contribution in [0, 0.1) is 11.8 Å². The van der Waals surface area contributed by atoms with E-state index in [9.17, 15) is 13.2 Å². The van der Waals surface area contributed by atoms with Crippen LogP contribution in [-0.2, 0) is 5.41 Å². The fourth-order valence-corrected chi connectivity index (χ4v) is 3.60. The molecule has 4 atom stereocenters. The molecule has 0 N–H and O–H groups in total.